The van der Waals surface area contributed by atoms with Gasteiger partial charge in [-0.3, -0.25) is 0 Å². The third-order valence-electron chi connectivity index (χ3n) is 2.09. The molecule has 2 aromatic rings. The van der Waals surface area contributed by atoms with Crippen molar-refractivity contribution in [3.05, 3.63) is 17.1 Å². The van der Waals surface area contributed by atoms with Crippen molar-refractivity contribution < 1.29 is 19.4 Å². The second kappa shape index (κ2) is 3.97. The largest absolute Gasteiger partial charge is 0.495 e. The van der Waals surface area contributed by atoms with Gasteiger partial charge in [0, 0.05) is 0 Å². The first kappa shape index (κ1) is 10.7. The molecule has 0 aliphatic rings. The Balaban J connectivity index is 2.75. The van der Waals surface area contributed by atoms with Gasteiger partial charge in [-0.15, -0.1) is 11.3 Å². The molecule has 0 aliphatic carbocycles. The summed E-state index contributed by atoms with van der Waals surface area (Å²) in [5.74, 6) is 0.0886. The summed E-state index contributed by atoms with van der Waals surface area (Å²) in [5.41, 5.74) is 0.518. The van der Waals surface area contributed by atoms with E-state index in [9.17, 15) is 4.79 Å². The topological polar surface area (TPSA) is 68.7 Å². The molecule has 6 heteroatoms. The van der Waals surface area contributed by atoms with E-state index < -0.39 is 5.97 Å². The summed E-state index contributed by atoms with van der Waals surface area (Å²) in [5, 5.41) is 8.91. The maximum Gasteiger partial charge on any atom is 0.365 e. The molecule has 2 rings (SSSR count). The van der Waals surface area contributed by atoms with Crippen LogP contribution in [0.5, 0.6) is 11.5 Å². The quantitative estimate of drug-likeness (QED) is 0.887. The fraction of sp³-hybridized carbons (Fsp3) is 0.200. The highest BCUT2D eigenvalue weighted by atomic mass is 32.1. The Bertz CT molecular complexity index is 508. The van der Waals surface area contributed by atoms with E-state index in [0.29, 0.717) is 21.7 Å². The lowest BCUT2D eigenvalue weighted by Gasteiger charge is -2.03. The molecule has 0 atom stereocenters. The van der Waals surface area contributed by atoms with Gasteiger partial charge in [-0.2, -0.15) is 0 Å². The molecule has 0 unspecified atom stereocenters. The Morgan fingerprint density at radius 3 is 2.50 bits per heavy atom. The van der Waals surface area contributed by atoms with Gasteiger partial charge in [0.1, 0.15) is 21.7 Å². The zero-order valence-electron chi connectivity index (χ0n) is 8.68. The Kier molecular flexibility index (Phi) is 2.66. The number of fused-ring (bicyclic) bond motifs is 1. The predicted molar refractivity (Wildman–Crippen MR) is 59.7 cm³/mol. The molecule has 1 heterocycles. The van der Waals surface area contributed by atoms with Crippen molar-refractivity contribution in [2.24, 2.45) is 0 Å². The van der Waals surface area contributed by atoms with Gasteiger partial charge >= 0.3 is 5.97 Å². The van der Waals surface area contributed by atoms with Crippen LogP contribution in [0.25, 0.3) is 10.2 Å². The number of rotatable bonds is 3. The van der Waals surface area contributed by atoms with Crippen molar-refractivity contribution in [3.63, 3.8) is 0 Å². The van der Waals surface area contributed by atoms with Crippen molar-refractivity contribution in [2.45, 2.75) is 0 Å². The number of methoxy groups -OCH3 is 2. The van der Waals surface area contributed by atoms with Gasteiger partial charge in [-0.1, -0.05) is 0 Å². The third kappa shape index (κ3) is 1.57. The minimum absolute atomic E-state index is 0.0257. The summed E-state index contributed by atoms with van der Waals surface area (Å²) in [7, 11) is 3.04. The van der Waals surface area contributed by atoms with Gasteiger partial charge in [0.05, 0.1) is 14.2 Å². The van der Waals surface area contributed by atoms with E-state index in [2.05, 4.69) is 4.98 Å². The molecule has 0 spiro atoms. The summed E-state index contributed by atoms with van der Waals surface area (Å²) in [4.78, 5) is 14.8. The van der Waals surface area contributed by atoms with E-state index in [-0.39, 0.29) is 5.01 Å². The molecular formula is C10H9NO4S. The number of hydrogen-bond donors (Lipinski definition) is 1. The molecule has 16 heavy (non-hydrogen) atoms. The standard InChI is InChI=1S/C10H9NO4S/c1-14-5-3-4-6(15-2)8-7(5)11-9(16-8)10(12)13/h3-4H,1-2H3,(H,12,13). The zero-order valence-corrected chi connectivity index (χ0v) is 9.50. The molecule has 1 aromatic carbocycles. The van der Waals surface area contributed by atoms with Crippen LogP contribution in [-0.2, 0) is 0 Å². The average Bonchev–Trinajstić information content (AvgIpc) is 2.72. The fourth-order valence-corrected chi connectivity index (χ4v) is 2.29. The van der Waals surface area contributed by atoms with Crippen molar-refractivity contribution in [3.8, 4) is 11.5 Å². The highest BCUT2D eigenvalue weighted by molar-refractivity contribution is 7.20. The van der Waals surface area contributed by atoms with Gasteiger partial charge in [-0.25, -0.2) is 9.78 Å². The van der Waals surface area contributed by atoms with Crippen LogP contribution in [0.2, 0.25) is 0 Å². The first-order valence-corrected chi connectivity index (χ1v) is 5.24. The monoisotopic (exact) mass is 239 g/mol. The van der Waals surface area contributed by atoms with Crippen LogP contribution >= 0.6 is 11.3 Å². The summed E-state index contributed by atoms with van der Waals surface area (Å²) in [6.45, 7) is 0. The fourth-order valence-electron chi connectivity index (χ4n) is 1.38. The van der Waals surface area contributed by atoms with Crippen LogP contribution in [-0.4, -0.2) is 30.3 Å². The first-order valence-electron chi connectivity index (χ1n) is 4.42. The lowest BCUT2D eigenvalue weighted by molar-refractivity contribution is 0.0696. The van der Waals surface area contributed by atoms with Crippen molar-refractivity contribution in [1.82, 2.24) is 4.98 Å². The highest BCUT2D eigenvalue weighted by Crippen LogP contribution is 2.36. The normalized spacial score (nSPS) is 10.4. The lowest BCUT2D eigenvalue weighted by atomic mass is 10.3. The summed E-state index contributed by atoms with van der Waals surface area (Å²) >= 11 is 1.07. The van der Waals surface area contributed by atoms with E-state index in [4.69, 9.17) is 14.6 Å². The predicted octanol–water partition coefficient (Wildman–Crippen LogP) is 2.01. The Morgan fingerprint density at radius 1 is 1.31 bits per heavy atom. The second-order valence-electron chi connectivity index (χ2n) is 2.97. The molecule has 5 nitrogen and oxygen atoms in total. The SMILES string of the molecule is COc1ccc(OC)c2sc(C(=O)O)nc12. The van der Waals surface area contributed by atoms with Crippen molar-refractivity contribution in [2.75, 3.05) is 14.2 Å². The molecule has 0 saturated carbocycles. The van der Waals surface area contributed by atoms with Crippen LogP contribution in [0.15, 0.2) is 12.1 Å². The summed E-state index contributed by atoms with van der Waals surface area (Å²) in [6, 6.07) is 3.43. The van der Waals surface area contributed by atoms with E-state index in [1.807, 2.05) is 0 Å². The number of benzene rings is 1. The number of aromatic carboxylic acids is 1. The van der Waals surface area contributed by atoms with E-state index in [1.54, 1.807) is 12.1 Å². The van der Waals surface area contributed by atoms with Crippen LogP contribution in [0.1, 0.15) is 9.80 Å². The van der Waals surface area contributed by atoms with Crippen molar-refractivity contribution in [1.29, 1.82) is 0 Å². The van der Waals surface area contributed by atoms with Crippen LogP contribution in [0, 0.1) is 0 Å². The number of nitrogens with zero attached hydrogens (tertiary/aromatic N) is 1. The molecule has 0 amide bonds. The third-order valence-corrected chi connectivity index (χ3v) is 3.15. The van der Waals surface area contributed by atoms with E-state index in [1.165, 1.54) is 14.2 Å². The number of hydrogen-bond acceptors (Lipinski definition) is 5. The zero-order chi connectivity index (χ0) is 11.7. The molecule has 1 aromatic heterocycles. The Labute approximate surface area is 95.3 Å². The van der Waals surface area contributed by atoms with Crippen molar-refractivity contribution >= 4 is 27.5 Å². The molecule has 0 saturated heterocycles. The number of aromatic nitrogens is 1. The second-order valence-corrected chi connectivity index (χ2v) is 3.97. The Morgan fingerprint density at radius 2 is 1.94 bits per heavy atom. The molecule has 0 radical (unpaired) electrons. The summed E-state index contributed by atoms with van der Waals surface area (Å²) in [6.07, 6.45) is 0. The number of carboxylic acid groups (broad SMARTS) is 1. The smallest absolute Gasteiger partial charge is 0.365 e. The van der Waals surface area contributed by atoms with Gasteiger partial charge in [0.2, 0.25) is 5.01 Å². The number of carboxylic acids is 1. The average molecular weight is 239 g/mol. The molecule has 0 fully saturated rings. The molecular weight excluding hydrogens is 230 g/mol. The summed E-state index contributed by atoms with van der Waals surface area (Å²) < 4.78 is 10.9. The molecule has 0 bridgehead atoms. The van der Waals surface area contributed by atoms with Gasteiger partial charge in [0.25, 0.3) is 0 Å². The number of carbonyl (C=O) groups is 1. The van der Waals surface area contributed by atoms with Crippen LogP contribution in [0.4, 0.5) is 0 Å². The van der Waals surface area contributed by atoms with E-state index >= 15 is 0 Å². The maximum atomic E-state index is 10.8. The minimum Gasteiger partial charge on any atom is -0.495 e. The van der Waals surface area contributed by atoms with Crippen LogP contribution < -0.4 is 9.47 Å². The number of thiazole rings is 1. The Hall–Kier alpha value is -1.82. The minimum atomic E-state index is -1.05. The maximum absolute atomic E-state index is 10.8. The highest BCUT2D eigenvalue weighted by Gasteiger charge is 2.16. The van der Waals surface area contributed by atoms with Gasteiger partial charge in [0.15, 0.2) is 0 Å². The van der Waals surface area contributed by atoms with Gasteiger partial charge < -0.3 is 14.6 Å². The van der Waals surface area contributed by atoms with Gasteiger partial charge in [-0.05, 0) is 12.1 Å². The molecule has 84 valence electrons. The first-order chi connectivity index (χ1) is 7.67. The van der Waals surface area contributed by atoms with E-state index in [0.717, 1.165) is 11.3 Å². The number of ether oxygens (including phenoxy) is 2. The van der Waals surface area contributed by atoms with Crippen LogP contribution in [0.3, 0.4) is 0 Å². The lowest BCUT2D eigenvalue weighted by Crippen LogP contribution is -1.93. The molecule has 1 N–H and O–H groups in total. The molecule has 0 aliphatic heterocycles.